The first kappa shape index (κ1) is 28.7. The summed E-state index contributed by atoms with van der Waals surface area (Å²) in [6.07, 6.45) is 1.83. The maximum absolute atomic E-state index is 14.3. The molecule has 1 unspecified atom stereocenters. The molecule has 1 saturated heterocycles. The van der Waals surface area contributed by atoms with Crippen molar-refractivity contribution in [2.24, 2.45) is 4.99 Å². The highest BCUT2D eigenvalue weighted by Gasteiger charge is 2.36. The molecule has 1 aromatic heterocycles. The molecule has 2 aliphatic rings. The van der Waals surface area contributed by atoms with Crippen LogP contribution in [0.25, 0.3) is 16.8 Å². The molecule has 1 atom stereocenters. The molecule has 6 rings (SSSR count). The molecule has 0 aliphatic carbocycles. The summed E-state index contributed by atoms with van der Waals surface area (Å²) >= 11 is 1.28. The summed E-state index contributed by atoms with van der Waals surface area (Å²) in [7, 11) is 3.21. The van der Waals surface area contributed by atoms with Crippen LogP contribution in [-0.4, -0.2) is 57.7 Å². The highest BCUT2D eigenvalue weighted by Crippen LogP contribution is 2.40. The predicted molar refractivity (Wildman–Crippen MR) is 167 cm³/mol. The van der Waals surface area contributed by atoms with Crippen LogP contribution in [0.3, 0.4) is 0 Å². The van der Waals surface area contributed by atoms with Crippen molar-refractivity contribution < 1.29 is 23.7 Å². The second kappa shape index (κ2) is 12.1. The molecule has 2 aliphatic heterocycles. The third-order valence-electron chi connectivity index (χ3n) is 7.82. The summed E-state index contributed by atoms with van der Waals surface area (Å²) in [5.74, 6) is 0.707. The Morgan fingerprint density at radius 3 is 2.58 bits per heavy atom. The van der Waals surface area contributed by atoms with E-state index in [9.17, 15) is 9.59 Å². The van der Waals surface area contributed by atoms with Crippen LogP contribution in [0.5, 0.6) is 11.5 Å². The normalized spacial score (nSPS) is 17.1. The predicted octanol–water partition coefficient (Wildman–Crippen LogP) is 3.81. The third-order valence-corrected chi connectivity index (χ3v) is 8.80. The first-order chi connectivity index (χ1) is 20.9. The summed E-state index contributed by atoms with van der Waals surface area (Å²) in [6.45, 7) is 6.71. The van der Waals surface area contributed by atoms with Crippen LogP contribution < -0.4 is 29.3 Å². The fraction of sp³-hybridized carbons (Fsp3) is 0.303. The van der Waals surface area contributed by atoms with Gasteiger partial charge in [0.15, 0.2) is 4.80 Å². The van der Waals surface area contributed by atoms with E-state index in [1.807, 2.05) is 60.7 Å². The van der Waals surface area contributed by atoms with Crippen LogP contribution in [0.4, 0.5) is 5.69 Å². The van der Waals surface area contributed by atoms with Crippen LogP contribution in [0.15, 0.2) is 75.7 Å². The number of nitrogens with zero attached hydrogens (tertiary/aromatic N) is 3. The van der Waals surface area contributed by atoms with Crippen LogP contribution in [0.1, 0.15) is 31.0 Å². The minimum Gasteiger partial charge on any atom is -0.496 e. The second-order valence-electron chi connectivity index (χ2n) is 10.2. The van der Waals surface area contributed by atoms with Gasteiger partial charge in [-0.1, -0.05) is 41.7 Å². The number of benzene rings is 3. The van der Waals surface area contributed by atoms with Gasteiger partial charge in [0, 0.05) is 36.0 Å². The largest absolute Gasteiger partial charge is 0.496 e. The van der Waals surface area contributed by atoms with Crippen molar-refractivity contribution in [2.75, 3.05) is 52.0 Å². The molecule has 0 spiro atoms. The number of allylic oxidation sites excluding steroid dienone is 1. The van der Waals surface area contributed by atoms with Gasteiger partial charge in [-0.15, -0.1) is 0 Å². The number of methoxy groups -OCH3 is 2. The van der Waals surface area contributed by atoms with E-state index in [2.05, 4.69) is 4.90 Å². The van der Waals surface area contributed by atoms with Gasteiger partial charge in [0.2, 0.25) is 0 Å². The van der Waals surface area contributed by atoms with Crippen molar-refractivity contribution >= 4 is 39.8 Å². The van der Waals surface area contributed by atoms with E-state index in [4.69, 9.17) is 23.9 Å². The van der Waals surface area contributed by atoms with Crippen molar-refractivity contribution in [1.29, 1.82) is 0 Å². The second-order valence-corrected chi connectivity index (χ2v) is 11.2. The van der Waals surface area contributed by atoms with Crippen LogP contribution in [0.2, 0.25) is 0 Å². The van der Waals surface area contributed by atoms with Gasteiger partial charge in [-0.05, 0) is 48.9 Å². The Morgan fingerprint density at radius 2 is 1.84 bits per heavy atom. The van der Waals surface area contributed by atoms with Crippen molar-refractivity contribution in [1.82, 2.24) is 4.57 Å². The lowest BCUT2D eigenvalue weighted by atomic mass is 9.90. The Hall–Kier alpha value is -4.41. The topological polar surface area (TPSA) is 91.6 Å². The van der Waals surface area contributed by atoms with E-state index in [0.29, 0.717) is 50.9 Å². The van der Waals surface area contributed by atoms with E-state index in [0.717, 1.165) is 35.1 Å². The summed E-state index contributed by atoms with van der Waals surface area (Å²) in [5.41, 5.74) is 3.05. The van der Waals surface area contributed by atoms with E-state index in [-0.39, 0.29) is 12.2 Å². The Morgan fingerprint density at radius 1 is 1.07 bits per heavy atom. The van der Waals surface area contributed by atoms with E-state index >= 15 is 0 Å². The minimum atomic E-state index is -0.802. The Bertz CT molecular complexity index is 1920. The number of aromatic nitrogens is 1. The summed E-state index contributed by atoms with van der Waals surface area (Å²) in [6, 6.07) is 16.9. The first-order valence-electron chi connectivity index (χ1n) is 14.2. The Balaban J connectivity index is 1.56. The molecule has 0 bridgehead atoms. The third kappa shape index (κ3) is 5.21. The molecule has 10 heteroatoms. The molecule has 3 heterocycles. The van der Waals surface area contributed by atoms with Gasteiger partial charge < -0.3 is 23.8 Å². The SMILES string of the molecule is CCOC(=O)C1=C(C)N=c2sc(=Cc3ccc(N4CCOCC4)cc3OC)c(=O)n2C1c1c(OC)ccc2ccccc12. The number of anilines is 1. The van der Waals surface area contributed by atoms with Crippen LogP contribution >= 0.6 is 11.3 Å². The number of rotatable bonds is 7. The molecular weight excluding hydrogens is 566 g/mol. The molecule has 0 amide bonds. The number of morpholine rings is 1. The molecule has 222 valence electrons. The molecule has 43 heavy (non-hydrogen) atoms. The van der Waals surface area contributed by atoms with Gasteiger partial charge >= 0.3 is 5.97 Å². The van der Waals surface area contributed by atoms with Crippen molar-refractivity contribution in [3.63, 3.8) is 0 Å². The zero-order chi connectivity index (χ0) is 30.1. The fourth-order valence-corrected chi connectivity index (χ4v) is 6.82. The van der Waals surface area contributed by atoms with Crippen LogP contribution in [0, 0.1) is 0 Å². The monoisotopic (exact) mass is 599 g/mol. The molecule has 9 nitrogen and oxygen atoms in total. The lowest BCUT2D eigenvalue weighted by molar-refractivity contribution is -0.139. The molecule has 0 N–H and O–H groups in total. The molecule has 0 radical (unpaired) electrons. The van der Waals surface area contributed by atoms with Crippen LogP contribution in [-0.2, 0) is 14.3 Å². The number of hydrogen-bond acceptors (Lipinski definition) is 9. The molecule has 1 fully saturated rings. The maximum atomic E-state index is 14.3. The zero-order valence-electron chi connectivity index (χ0n) is 24.6. The summed E-state index contributed by atoms with van der Waals surface area (Å²) in [5, 5.41) is 1.83. The Kier molecular flexibility index (Phi) is 8.05. The summed E-state index contributed by atoms with van der Waals surface area (Å²) < 4.78 is 24.6. The van der Waals surface area contributed by atoms with E-state index in [1.54, 1.807) is 32.6 Å². The molecule has 4 aromatic rings. The highest BCUT2D eigenvalue weighted by molar-refractivity contribution is 7.07. The van der Waals surface area contributed by atoms with Gasteiger partial charge in [0.05, 0.1) is 49.8 Å². The number of ether oxygens (including phenoxy) is 4. The number of fused-ring (bicyclic) bond motifs is 2. The van der Waals surface area contributed by atoms with Gasteiger partial charge in [-0.3, -0.25) is 9.36 Å². The number of hydrogen-bond donors (Lipinski definition) is 0. The standard InChI is InChI=1S/C33H33N3O6S/c1-5-42-32(38)28-20(2)34-33-36(30(28)29-24-9-7-6-8-21(24)11-13-25(29)39-3)31(37)27(43-33)18-22-10-12-23(19-26(22)40-4)35-14-16-41-17-15-35/h6-13,18-19,30H,5,14-17H2,1-4H3. The fourth-order valence-electron chi connectivity index (χ4n) is 5.78. The lowest BCUT2D eigenvalue weighted by Gasteiger charge is -2.29. The van der Waals surface area contributed by atoms with Gasteiger partial charge in [-0.25, -0.2) is 9.79 Å². The average Bonchev–Trinajstić information content (AvgIpc) is 3.34. The highest BCUT2D eigenvalue weighted by atomic mass is 32.1. The molecule has 0 saturated carbocycles. The van der Waals surface area contributed by atoms with Gasteiger partial charge in [0.1, 0.15) is 17.5 Å². The lowest BCUT2D eigenvalue weighted by Crippen LogP contribution is -2.40. The number of esters is 1. The van der Waals surface area contributed by atoms with Gasteiger partial charge in [0.25, 0.3) is 5.56 Å². The van der Waals surface area contributed by atoms with Crippen molar-refractivity contribution in [2.45, 2.75) is 19.9 Å². The quantitative estimate of drug-likeness (QED) is 0.299. The number of carbonyl (C=O) groups is 1. The number of carbonyl (C=O) groups excluding carboxylic acids is 1. The average molecular weight is 600 g/mol. The van der Waals surface area contributed by atoms with E-state index < -0.39 is 12.0 Å². The van der Waals surface area contributed by atoms with Gasteiger partial charge in [-0.2, -0.15) is 0 Å². The smallest absolute Gasteiger partial charge is 0.338 e. The van der Waals surface area contributed by atoms with Crippen molar-refractivity contribution in [3.05, 3.63) is 96.7 Å². The van der Waals surface area contributed by atoms with E-state index in [1.165, 1.54) is 11.3 Å². The zero-order valence-corrected chi connectivity index (χ0v) is 25.4. The maximum Gasteiger partial charge on any atom is 0.338 e. The summed E-state index contributed by atoms with van der Waals surface area (Å²) in [4.78, 5) is 35.2. The van der Waals surface area contributed by atoms with Crippen molar-refractivity contribution in [3.8, 4) is 11.5 Å². The Labute approximate surface area is 252 Å². The first-order valence-corrected chi connectivity index (χ1v) is 15.0. The molecule has 3 aromatic carbocycles. The molecular formula is C33H33N3O6S. The minimum absolute atomic E-state index is 0.194. The number of thiazole rings is 1.